The minimum atomic E-state index is -1.35. The molecule has 1 aromatic carbocycles. The predicted octanol–water partition coefficient (Wildman–Crippen LogP) is 1.61. The quantitative estimate of drug-likeness (QED) is 0.862. The van der Waals surface area contributed by atoms with Crippen molar-refractivity contribution in [2.75, 3.05) is 6.54 Å². The highest BCUT2D eigenvalue weighted by atomic mass is 19.1. The molecule has 0 spiro atoms. The highest BCUT2D eigenvalue weighted by molar-refractivity contribution is 6.18. The third kappa shape index (κ3) is 2.91. The van der Waals surface area contributed by atoms with Crippen LogP contribution in [0.3, 0.4) is 0 Å². The normalized spacial score (nSPS) is 17.9. The Morgan fingerprint density at radius 1 is 1.10 bits per heavy atom. The van der Waals surface area contributed by atoms with E-state index >= 15 is 0 Å². The van der Waals surface area contributed by atoms with Gasteiger partial charge in [0, 0.05) is 12.6 Å². The van der Waals surface area contributed by atoms with Gasteiger partial charge in [-0.15, -0.1) is 0 Å². The molecule has 1 aromatic rings. The maximum Gasteiger partial charge on any atom is 0.330 e. The minimum Gasteiger partial charge on any atom is -0.277 e. The molecule has 7 heteroatoms. The van der Waals surface area contributed by atoms with Crippen LogP contribution in [0.15, 0.2) is 18.2 Å². The molecule has 0 unspecified atom stereocenters. The largest absolute Gasteiger partial charge is 0.330 e. The number of amides is 4. The van der Waals surface area contributed by atoms with Crippen LogP contribution in [0.4, 0.5) is 13.6 Å². The average Bonchev–Trinajstić information content (AvgIpc) is 2.35. The molecule has 112 valence electrons. The van der Waals surface area contributed by atoms with Gasteiger partial charge in [-0.3, -0.25) is 19.8 Å². The summed E-state index contributed by atoms with van der Waals surface area (Å²) < 4.78 is 26.2. The van der Waals surface area contributed by atoms with Crippen molar-refractivity contribution in [3.8, 4) is 0 Å². The number of hydrogen-bond acceptors (Lipinski definition) is 3. The van der Waals surface area contributed by atoms with Crippen LogP contribution in [-0.4, -0.2) is 29.3 Å². The molecule has 0 aliphatic carbocycles. The lowest BCUT2D eigenvalue weighted by atomic mass is 9.88. The van der Waals surface area contributed by atoms with E-state index < -0.39 is 34.9 Å². The van der Waals surface area contributed by atoms with E-state index in [2.05, 4.69) is 5.32 Å². The fraction of sp³-hybridized carbons (Fsp3) is 0.357. The number of nitrogens with one attached hydrogen (secondary N) is 1. The van der Waals surface area contributed by atoms with Gasteiger partial charge in [-0.1, -0.05) is 0 Å². The van der Waals surface area contributed by atoms with Crippen LogP contribution in [0.2, 0.25) is 0 Å². The van der Waals surface area contributed by atoms with Crippen molar-refractivity contribution in [1.82, 2.24) is 10.2 Å². The lowest BCUT2D eigenvalue weighted by molar-refractivity contribution is -0.148. The highest BCUT2D eigenvalue weighted by Gasteiger charge is 2.46. The van der Waals surface area contributed by atoms with Gasteiger partial charge in [-0.25, -0.2) is 13.6 Å². The zero-order valence-electron chi connectivity index (χ0n) is 11.6. The van der Waals surface area contributed by atoms with Crippen molar-refractivity contribution in [1.29, 1.82) is 0 Å². The van der Waals surface area contributed by atoms with Gasteiger partial charge in [-0.2, -0.15) is 0 Å². The number of halogens is 2. The standard InChI is InChI=1S/C14H14F2N2O3/c1-14(2)11(19)17-13(21)18(12(14)20)4-3-8-5-9(15)7-10(16)6-8/h5-7H,3-4H2,1-2H3,(H,17,19,21). The van der Waals surface area contributed by atoms with Crippen LogP contribution in [0.1, 0.15) is 19.4 Å². The Kier molecular flexibility index (Phi) is 3.76. The second-order valence-electron chi connectivity index (χ2n) is 5.37. The van der Waals surface area contributed by atoms with Crippen molar-refractivity contribution in [3.05, 3.63) is 35.4 Å². The Balaban J connectivity index is 2.13. The van der Waals surface area contributed by atoms with Crippen LogP contribution >= 0.6 is 0 Å². The average molecular weight is 296 g/mol. The van der Waals surface area contributed by atoms with Gasteiger partial charge in [0.1, 0.15) is 17.0 Å². The van der Waals surface area contributed by atoms with Crippen molar-refractivity contribution in [2.24, 2.45) is 5.41 Å². The van der Waals surface area contributed by atoms with E-state index in [1.54, 1.807) is 0 Å². The summed E-state index contributed by atoms with van der Waals surface area (Å²) >= 11 is 0. The molecule has 21 heavy (non-hydrogen) atoms. The molecule has 0 atom stereocenters. The number of carbonyl (C=O) groups is 3. The number of carbonyl (C=O) groups excluding carboxylic acids is 3. The van der Waals surface area contributed by atoms with Crippen molar-refractivity contribution < 1.29 is 23.2 Å². The third-order valence-electron chi connectivity index (χ3n) is 3.36. The van der Waals surface area contributed by atoms with Gasteiger partial charge in [-0.05, 0) is 38.0 Å². The Morgan fingerprint density at radius 2 is 1.67 bits per heavy atom. The molecule has 4 amide bonds. The fourth-order valence-corrected chi connectivity index (χ4v) is 2.05. The number of urea groups is 1. The SMILES string of the molecule is CC1(C)C(=O)NC(=O)N(CCc2cc(F)cc(F)c2)C1=O. The molecule has 0 saturated carbocycles. The molecule has 1 N–H and O–H groups in total. The molecular weight excluding hydrogens is 282 g/mol. The molecule has 0 bridgehead atoms. The molecule has 5 nitrogen and oxygen atoms in total. The van der Waals surface area contributed by atoms with E-state index in [1.165, 1.54) is 13.8 Å². The van der Waals surface area contributed by atoms with E-state index in [1.807, 2.05) is 0 Å². The van der Waals surface area contributed by atoms with E-state index in [0.29, 0.717) is 5.56 Å². The number of nitrogens with zero attached hydrogens (tertiary/aromatic N) is 1. The first kappa shape index (κ1) is 15.1. The highest BCUT2D eigenvalue weighted by Crippen LogP contribution is 2.23. The van der Waals surface area contributed by atoms with Gasteiger partial charge in [0.25, 0.3) is 0 Å². The Labute approximate surface area is 119 Å². The van der Waals surface area contributed by atoms with Crippen molar-refractivity contribution in [3.63, 3.8) is 0 Å². The number of imide groups is 2. The Morgan fingerprint density at radius 3 is 2.24 bits per heavy atom. The molecule has 1 heterocycles. The van der Waals surface area contributed by atoms with Crippen LogP contribution in [0.5, 0.6) is 0 Å². The van der Waals surface area contributed by atoms with E-state index in [0.717, 1.165) is 23.1 Å². The van der Waals surface area contributed by atoms with E-state index in [4.69, 9.17) is 0 Å². The summed E-state index contributed by atoms with van der Waals surface area (Å²) in [6, 6.07) is 2.18. The topological polar surface area (TPSA) is 66.5 Å². The molecule has 1 saturated heterocycles. The monoisotopic (exact) mass is 296 g/mol. The van der Waals surface area contributed by atoms with Crippen LogP contribution in [-0.2, 0) is 16.0 Å². The summed E-state index contributed by atoms with van der Waals surface area (Å²) in [7, 11) is 0. The molecular formula is C14H14F2N2O3. The number of barbiturate groups is 1. The molecule has 2 rings (SSSR count). The van der Waals surface area contributed by atoms with Crippen molar-refractivity contribution in [2.45, 2.75) is 20.3 Å². The van der Waals surface area contributed by atoms with Crippen LogP contribution < -0.4 is 5.32 Å². The lowest BCUT2D eigenvalue weighted by Gasteiger charge is -2.34. The lowest BCUT2D eigenvalue weighted by Crippen LogP contribution is -2.62. The molecule has 0 radical (unpaired) electrons. The second kappa shape index (κ2) is 5.23. The maximum atomic E-state index is 13.1. The van der Waals surface area contributed by atoms with Gasteiger partial charge in [0.05, 0.1) is 0 Å². The van der Waals surface area contributed by atoms with Gasteiger partial charge < -0.3 is 0 Å². The number of hydrogen-bond donors (Lipinski definition) is 1. The fourth-order valence-electron chi connectivity index (χ4n) is 2.05. The van der Waals surface area contributed by atoms with Crippen LogP contribution in [0, 0.1) is 17.0 Å². The summed E-state index contributed by atoms with van der Waals surface area (Å²) in [6.45, 7) is 2.75. The first-order valence-electron chi connectivity index (χ1n) is 6.34. The first-order valence-corrected chi connectivity index (χ1v) is 6.34. The number of benzene rings is 1. The molecule has 1 aliphatic heterocycles. The zero-order valence-corrected chi connectivity index (χ0v) is 11.6. The summed E-state index contributed by atoms with van der Waals surface area (Å²) in [5.74, 6) is -2.75. The third-order valence-corrected chi connectivity index (χ3v) is 3.36. The summed E-state index contributed by atoms with van der Waals surface area (Å²) in [5.41, 5.74) is -1.02. The summed E-state index contributed by atoms with van der Waals surface area (Å²) in [4.78, 5) is 36.2. The van der Waals surface area contributed by atoms with Crippen LogP contribution in [0.25, 0.3) is 0 Å². The summed E-state index contributed by atoms with van der Waals surface area (Å²) in [5, 5.41) is 2.09. The van der Waals surface area contributed by atoms with Crippen molar-refractivity contribution >= 4 is 17.8 Å². The smallest absolute Gasteiger partial charge is 0.277 e. The minimum absolute atomic E-state index is 0.0652. The Hall–Kier alpha value is -2.31. The molecule has 1 aliphatic rings. The van der Waals surface area contributed by atoms with E-state index in [-0.39, 0.29) is 13.0 Å². The second-order valence-corrected chi connectivity index (χ2v) is 5.37. The van der Waals surface area contributed by atoms with Gasteiger partial charge >= 0.3 is 6.03 Å². The zero-order chi connectivity index (χ0) is 15.8. The number of rotatable bonds is 3. The Bertz CT molecular complexity index is 608. The molecule has 1 fully saturated rings. The molecule has 0 aromatic heterocycles. The van der Waals surface area contributed by atoms with Gasteiger partial charge in [0.15, 0.2) is 0 Å². The first-order chi connectivity index (χ1) is 9.71. The summed E-state index contributed by atoms with van der Waals surface area (Å²) in [6.07, 6.45) is 0.0953. The van der Waals surface area contributed by atoms with Gasteiger partial charge in [0.2, 0.25) is 11.8 Å². The predicted molar refractivity (Wildman–Crippen MR) is 69.1 cm³/mol. The van der Waals surface area contributed by atoms with E-state index in [9.17, 15) is 23.2 Å². The maximum absolute atomic E-state index is 13.1.